The van der Waals surface area contributed by atoms with Crippen molar-refractivity contribution in [2.75, 3.05) is 0 Å². The van der Waals surface area contributed by atoms with E-state index in [0.29, 0.717) is 0 Å². The van der Waals surface area contributed by atoms with Crippen LogP contribution in [0.3, 0.4) is 0 Å². The second kappa shape index (κ2) is 5.05. The van der Waals surface area contributed by atoms with Gasteiger partial charge >= 0.3 is 0 Å². The SMILES string of the molecule is CC/C=C\C(F)=C(\C)C(C)F. The van der Waals surface area contributed by atoms with E-state index >= 15 is 0 Å². The molecule has 0 saturated heterocycles. The van der Waals surface area contributed by atoms with Crippen LogP contribution in [0.2, 0.25) is 0 Å². The lowest BCUT2D eigenvalue weighted by atomic mass is 10.2. The van der Waals surface area contributed by atoms with E-state index in [9.17, 15) is 8.78 Å². The van der Waals surface area contributed by atoms with E-state index < -0.39 is 12.0 Å². The number of allylic oxidation sites excluding steroid dienone is 4. The van der Waals surface area contributed by atoms with Crippen LogP contribution in [0.25, 0.3) is 0 Å². The topological polar surface area (TPSA) is 0 Å². The predicted molar refractivity (Wildman–Crippen MR) is 43.8 cm³/mol. The first-order valence-corrected chi connectivity index (χ1v) is 3.76. The highest BCUT2D eigenvalue weighted by Crippen LogP contribution is 2.13. The lowest BCUT2D eigenvalue weighted by Gasteiger charge is -2.00. The molecule has 0 heterocycles. The van der Waals surface area contributed by atoms with Gasteiger partial charge < -0.3 is 0 Å². The number of hydrogen-bond acceptors (Lipinski definition) is 0. The average Bonchev–Trinajstić information content (AvgIpc) is 1.98. The molecule has 0 spiro atoms. The maximum atomic E-state index is 12.8. The molecule has 0 nitrogen and oxygen atoms in total. The normalized spacial score (nSPS) is 16.8. The molecule has 0 radical (unpaired) electrons. The molecule has 1 atom stereocenters. The van der Waals surface area contributed by atoms with Crippen molar-refractivity contribution >= 4 is 0 Å². The fraction of sp³-hybridized carbons (Fsp3) is 0.556. The zero-order valence-electron chi connectivity index (χ0n) is 7.20. The zero-order chi connectivity index (χ0) is 8.85. The van der Waals surface area contributed by atoms with Crippen molar-refractivity contribution in [2.24, 2.45) is 0 Å². The first-order chi connectivity index (χ1) is 5.09. The van der Waals surface area contributed by atoms with Crippen LogP contribution in [0, 0.1) is 0 Å². The van der Waals surface area contributed by atoms with Crippen molar-refractivity contribution in [2.45, 2.75) is 33.4 Å². The summed E-state index contributed by atoms with van der Waals surface area (Å²) in [5.41, 5.74) is 0.162. The molecule has 0 bridgehead atoms. The van der Waals surface area contributed by atoms with Gasteiger partial charge in [0, 0.05) is 0 Å². The third kappa shape index (κ3) is 3.91. The van der Waals surface area contributed by atoms with Gasteiger partial charge in [-0.15, -0.1) is 0 Å². The molecule has 0 amide bonds. The molecule has 0 aliphatic rings. The Balaban J connectivity index is 4.27. The van der Waals surface area contributed by atoms with Crippen molar-refractivity contribution in [3.63, 3.8) is 0 Å². The van der Waals surface area contributed by atoms with Crippen LogP contribution in [0.1, 0.15) is 27.2 Å². The Morgan fingerprint density at radius 1 is 1.55 bits per heavy atom. The molecule has 0 aromatic carbocycles. The molecule has 0 N–H and O–H groups in total. The lowest BCUT2D eigenvalue weighted by Crippen LogP contribution is -1.95. The van der Waals surface area contributed by atoms with Crippen LogP contribution in [0.4, 0.5) is 8.78 Å². The summed E-state index contributed by atoms with van der Waals surface area (Å²) >= 11 is 0. The summed E-state index contributed by atoms with van der Waals surface area (Å²) < 4.78 is 25.2. The van der Waals surface area contributed by atoms with E-state index in [-0.39, 0.29) is 5.57 Å². The number of rotatable bonds is 3. The Kier molecular flexibility index (Phi) is 4.75. The monoisotopic (exact) mass is 160 g/mol. The largest absolute Gasteiger partial charge is 0.243 e. The predicted octanol–water partition coefficient (Wildman–Crippen LogP) is 3.55. The average molecular weight is 160 g/mol. The van der Waals surface area contributed by atoms with Gasteiger partial charge in [0.05, 0.1) is 0 Å². The van der Waals surface area contributed by atoms with Gasteiger partial charge in [-0.25, -0.2) is 8.78 Å². The number of alkyl halides is 1. The summed E-state index contributed by atoms with van der Waals surface area (Å²) in [5.74, 6) is -0.457. The van der Waals surface area contributed by atoms with Gasteiger partial charge in [0.1, 0.15) is 12.0 Å². The van der Waals surface area contributed by atoms with E-state index in [1.807, 2.05) is 6.92 Å². The van der Waals surface area contributed by atoms with Crippen LogP contribution in [-0.4, -0.2) is 6.17 Å². The Hall–Kier alpha value is -0.660. The molecule has 0 aromatic heterocycles. The van der Waals surface area contributed by atoms with Gasteiger partial charge in [0.25, 0.3) is 0 Å². The Labute approximate surface area is 66.6 Å². The van der Waals surface area contributed by atoms with Crippen LogP contribution in [-0.2, 0) is 0 Å². The maximum absolute atomic E-state index is 12.8. The van der Waals surface area contributed by atoms with E-state index in [4.69, 9.17) is 0 Å². The summed E-state index contributed by atoms with van der Waals surface area (Å²) in [6, 6.07) is 0. The molecule has 64 valence electrons. The second-order valence-electron chi connectivity index (χ2n) is 2.46. The van der Waals surface area contributed by atoms with Crippen molar-refractivity contribution in [1.82, 2.24) is 0 Å². The highest BCUT2D eigenvalue weighted by Gasteiger charge is 2.04. The first-order valence-electron chi connectivity index (χ1n) is 3.76. The highest BCUT2D eigenvalue weighted by atomic mass is 19.1. The molecule has 0 aliphatic carbocycles. The van der Waals surface area contributed by atoms with Crippen LogP contribution < -0.4 is 0 Å². The van der Waals surface area contributed by atoms with Crippen LogP contribution in [0.5, 0.6) is 0 Å². The van der Waals surface area contributed by atoms with Gasteiger partial charge in [0.2, 0.25) is 0 Å². The molecule has 11 heavy (non-hydrogen) atoms. The lowest BCUT2D eigenvalue weighted by molar-refractivity contribution is 0.402. The fourth-order valence-corrected chi connectivity index (χ4v) is 0.543. The van der Waals surface area contributed by atoms with Gasteiger partial charge in [-0.05, 0) is 31.9 Å². The summed E-state index contributed by atoms with van der Waals surface area (Å²) in [6.07, 6.45) is 2.55. The first kappa shape index (κ1) is 10.3. The number of hydrogen-bond donors (Lipinski definition) is 0. The van der Waals surface area contributed by atoms with Gasteiger partial charge in [-0.1, -0.05) is 13.0 Å². The minimum atomic E-state index is -1.20. The quantitative estimate of drug-likeness (QED) is 0.554. The molecule has 1 unspecified atom stereocenters. The molecule has 0 saturated carbocycles. The molecular weight excluding hydrogens is 146 g/mol. The zero-order valence-corrected chi connectivity index (χ0v) is 7.20. The summed E-state index contributed by atoms with van der Waals surface area (Å²) in [7, 11) is 0. The van der Waals surface area contributed by atoms with Crippen molar-refractivity contribution in [3.05, 3.63) is 23.6 Å². The van der Waals surface area contributed by atoms with E-state index in [1.165, 1.54) is 19.9 Å². The van der Waals surface area contributed by atoms with Gasteiger partial charge in [-0.2, -0.15) is 0 Å². The Bertz CT molecular complexity index is 166. The molecule has 0 aliphatic heterocycles. The van der Waals surface area contributed by atoms with E-state index in [2.05, 4.69) is 0 Å². The standard InChI is InChI=1S/C9H14F2/c1-4-5-6-9(11)7(2)8(3)10/h5-6,8H,4H2,1-3H3/b6-5-,9-7+. The highest BCUT2D eigenvalue weighted by molar-refractivity contribution is 5.20. The minimum absolute atomic E-state index is 0.162. The van der Waals surface area contributed by atoms with Crippen LogP contribution >= 0.6 is 0 Å². The molecule has 0 fully saturated rings. The van der Waals surface area contributed by atoms with Crippen LogP contribution in [0.15, 0.2) is 23.6 Å². The van der Waals surface area contributed by atoms with Crippen molar-refractivity contribution in [3.8, 4) is 0 Å². The molecular formula is C9H14F2. The van der Waals surface area contributed by atoms with E-state index in [0.717, 1.165) is 6.42 Å². The molecule has 0 rings (SSSR count). The van der Waals surface area contributed by atoms with Crippen molar-refractivity contribution in [1.29, 1.82) is 0 Å². The smallest absolute Gasteiger partial charge is 0.124 e. The fourth-order valence-electron chi connectivity index (χ4n) is 0.543. The van der Waals surface area contributed by atoms with E-state index in [1.54, 1.807) is 6.08 Å². The summed E-state index contributed by atoms with van der Waals surface area (Å²) in [5, 5.41) is 0. The third-order valence-corrected chi connectivity index (χ3v) is 1.47. The molecule has 2 heteroatoms. The van der Waals surface area contributed by atoms with Gasteiger partial charge in [0.15, 0.2) is 0 Å². The maximum Gasteiger partial charge on any atom is 0.124 e. The minimum Gasteiger partial charge on any atom is -0.243 e. The summed E-state index contributed by atoms with van der Waals surface area (Å²) in [6.45, 7) is 4.69. The summed E-state index contributed by atoms with van der Waals surface area (Å²) in [4.78, 5) is 0. The Morgan fingerprint density at radius 3 is 2.45 bits per heavy atom. The number of halogens is 2. The van der Waals surface area contributed by atoms with Crippen molar-refractivity contribution < 1.29 is 8.78 Å². The Morgan fingerprint density at radius 2 is 2.09 bits per heavy atom. The second-order valence-corrected chi connectivity index (χ2v) is 2.46. The third-order valence-electron chi connectivity index (χ3n) is 1.47. The van der Waals surface area contributed by atoms with Gasteiger partial charge in [-0.3, -0.25) is 0 Å². The molecule has 0 aromatic rings.